The number of pyridine rings is 1. The minimum atomic E-state index is -3.97. The summed E-state index contributed by atoms with van der Waals surface area (Å²) in [6.07, 6.45) is 1.71. The lowest BCUT2D eigenvalue weighted by molar-refractivity contribution is 0.585. The summed E-state index contributed by atoms with van der Waals surface area (Å²) in [6.45, 7) is 3.62. The van der Waals surface area contributed by atoms with E-state index in [0.717, 1.165) is 37.6 Å². The smallest absolute Gasteiger partial charge is 0.238 e. The molecule has 0 bridgehead atoms. The van der Waals surface area contributed by atoms with Crippen molar-refractivity contribution < 1.29 is 8.42 Å². The summed E-state index contributed by atoms with van der Waals surface area (Å²) < 4.78 is 24.1. The number of aromatic nitrogens is 5. The molecule has 0 aliphatic carbocycles. The minimum absolute atomic E-state index is 0.0624. The Morgan fingerprint density at radius 2 is 1.93 bits per heavy atom. The third-order valence-electron chi connectivity index (χ3n) is 4.40. The number of hydrogen-bond donors (Lipinski definition) is 3. The van der Waals surface area contributed by atoms with Crippen LogP contribution in [0.2, 0.25) is 0 Å². The molecule has 0 amide bonds. The van der Waals surface area contributed by atoms with Crippen LogP contribution in [-0.4, -0.2) is 60.2 Å². The van der Waals surface area contributed by atoms with Crippen LogP contribution < -0.4 is 15.4 Å². The molecule has 1 aromatic carbocycles. The van der Waals surface area contributed by atoms with Gasteiger partial charge in [-0.05, 0) is 29.0 Å². The lowest BCUT2D eigenvalue weighted by Gasteiger charge is -2.28. The molecule has 4 N–H and O–H groups in total. The molecule has 2 aromatic heterocycles. The second-order valence-corrected chi connectivity index (χ2v) is 7.63. The van der Waals surface area contributed by atoms with Crippen molar-refractivity contribution in [3.63, 3.8) is 0 Å². The Bertz CT molecular complexity index is 1030. The number of H-pyrrole nitrogens is 1. The molecule has 10 nitrogen and oxygen atoms in total. The highest BCUT2D eigenvalue weighted by atomic mass is 32.2. The minimum Gasteiger partial charge on any atom is -0.354 e. The van der Waals surface area contributed by atoms with Crippen molar-refractivity contribution in [2.24, 2.45) is 5.14 Å². The van der Waals surface area contributed by atoms with Crippen LogP contribution in [0.3, 0.4) is 0 Å². The zero-order valence-electron chi connectivity index (χ0n) is 14.3. The van der Waals surface area contributed by atoms with Crippen molar-refractivity contribution >= 4 is 15.8 Å². The van der Waals surface area contributed by atoms with Gasteiger partial charge in [-0.15, -0.1) is 10.2 Å². The Balaban J connectivity index is 1.80. The maximum atomic E-state index is 12.1. The van der Waals surface area contributed by atoms with Crippen molar-refractivity contribution in [2.75, 3.05) is 31.1 Å². The van der Waals surface area contributed by atoms with Crippen molar-refractivity contribution in [2.45, 2.75) is 4.90 Å². The molecule has 3 aromatic rings. The van der Waals surface area contributed by atoms with Gasteiger partial charge in [-0.1, -0.05) is 12.1 Å². The summed E-state index contributed by atoms with van der Waals surface area (Å²) in [6, 6.07) is 8.65. The molecule has 1 fully saturated rings. The summed E-state index contributed by atoms with van der Waals surface area (Å²) >= 11 is 0. The largest absolute Gasteiger partial charge is 0.354 e. The van der Waals surface area contributed by atoms with E-state index in [0.29, 0.717) is 11.1 Å². The summed E-state index contributed by atoms with van der Waals surface area (Å²) in [5.74, 6) is 1.03. The molecular weight excluding hydrogens is 368 g/mol. The first-order chi connectivity index (χ1) is 13.0. The molecule has 1 saturated heterocycles. The average Bonchev–Trinajstić information content (AvgIpc) is 3.22. The van der Waals surface area contributed by atoms with Gasteiger partial charge in [0.05, 0.1) is 10.5 Å². The molecule has 0 spiro atoms. The number of tetrazole rings is 1. The highest BCUT2D eigenvalue weighted by Crippen LogP contribution is 2.34. The van der Waals surface area contributed by atoms with Crippen LogP contribution in [0.1, 0.15) is 0 Å². The fraction of sp³-hybridized carbons (Fsp3) is 0.250. The quantitative estimate of drug-likeness (QED) is 0.568. The van der Waals surface area contributed by atoms with Crippen LogP contribution in [0.4, 0.5) is 5.82 Å². The van der Waals surface area contributed by atoms with Crippen LogP contribution in [0.5, 0.6) is 0 Å². The first-order valence-corrected chi connectivity index (χ1v) is 9.90. The van der Waals surface area contributed by atoms with E-state index in [9.17, 15) is 8.42 Å². The first-order valence-electron chi connectivity index (χ1n) is 8.36. The lowest BCUT2D eigenvalue weighted by Crippen LogP contribution is -2.43. The van der Waals surface area contributed by atoms with Gasteiger partial charge in [0.1, 0.15) is 5.82 Å². The SMILES string of the molecule is NS(=O)(=O)c1cccc(-c2ccc(N3CCNCC3)nc2)c1-c1nn[nH]n1. The van der Waals surface area contributed by atoms with E-state index in [4.69, 9.17) is 5.14 Å². The molecule has 11 heteroatoms. The van der Waals surface area contributed by atoms with Gasteiger partial charge >= 0.3 is 0 Å². The van der Waals surface area contributed by atoms with Gasteiger partial charge in [-0.3, -0.25) is 0 Å². The van der Waals surface area contributed by atoms with Crippen molar-refractivity contribution in [1.29, 1.82) is 0 Å². The number of nitrogens with zero attached hydrogens (tertiary/aromatic N) is 5. The molecule has 27 heavy (non-hydrogen) atoms. The number of benzene rings is 1. The van der Waals surface area contributed by atoms with Crippen LogP contribution in [0.25, 0.3) is 22.5 Å². The maximum absolute atomic E-state index is 12.1. The number of nitrogens with two attached hydrogens (primary N) is 1. The third kappa shape index (κ3) is 3.52. The van der Waals surface area contributed by atoms with E-state index >= 15 is 0 Å². The van der Waals surface area contributed by atoms with Crippen LogP contribution in [0, 0.1) is 0 Å². The van der Waals surface area contributed by atoms with E-state index in [1.165, 1.54) is 6.07 Å². The molecule has 0 radical (unpaired) electrons. The van der Waals surface area contributed by atoms with Crippen molar-refractivity contribution in [3.05, 3.63) is 36.5 Å². The predicted molar refractivity (Wildman–Crippen MR) is 99.3 cm³/mol. The predicted octanol–water partition coefficient (Wildman–Crippen LogP) is -0.0143. The second-order valence-electron chi connectivity index (χ2n) is 6.10. The highest BCUT2D eigenvalue weighted by Gasteiger charge is 2.22. The fourth-order valence-electron chi connectivity index (χ4n) is 3.13. The van der Waals surface area contributed by atoms with Crippen LogP contribution >= 0.6 is 0 Å². The van der Waals surface area contributed by atoms with Gasteiger partial charge in [-0.2, -0.15) is 5.21 Å². The summed E-state index contributed by atoms with van der Waals surface area (Å²) in [5, 5.41) is 22.4. The Hall–Kier alpha value is -2.89. The monoisotopic (exact) mass is 386 g/mol. The normalized spacial score (nSPS) is 15.1. The number of rotatable bonds is 4. The molecule has 0 saturated carbocycles. The van der Waals surface area contributed by atoms with E-state index in [1.54, 1.807) is 18.3 Å². The van der Waals surface area contributed by atoms with Gasteiger partial charge in [0.15, 0.2) is 0 Å². The van der Waals surface area contributed by atoms with E-state index in [-0.39, 0.29) is 10.7 Å². The van der Waals surface area contributed by atoms with Gasteiger partial charge in [0, 0.05) is 37.9 Å². The lowest BCUT2D eigenvalue weighted by atomic mass is 10.0. The number of hydrogen-bond acceptors (Lipinski definition) is 8. The zero-order valence-corrected chi connectivity index (χ0v) is 15.1. The second kappa shape index (κ2) is 7.02. The molecule has 0 atom stereocenters. The van der Waals surface area contributed by atoms with Gasteiger partial charge in [0.2, 0.25) is 15.8 Å². The summed E-state index contributed by atoms with van der Waals surface area (Å²) in [7, 11) is -3.97. The molecule has 4 rings (SSSR count). The van der Waals surface area contributed by atoms with Gasteiger partial charge in [0.25, 0.3) is 0 Å². The topological polar surface area (TPSA) is 143 Å². The molecule has 1 aliphatic rings. The Morgan fingerprint density at radius 1 is 1.11 bits per heavy atom. The number of primary sulfonamides is 1. The first kappa shape index (κ1) is 17.5. The highest BCUT2D eigenvalue weighted by molar-refractivity contribution is 7.89. The molecule has 1 aliphatic heterocycles. The average molecular weight is 386 g/mol. The van der Waals surface area contributed by atoms with E-state index in [1.807, 2.05) is 12.1 Å². The Kier molecular flexibility index (Phi) is 4.56. The Morgan fingerprint density at radius 3 is 2.56 bits per heavy atom. The third-order valence-corrected chi connectivity index (χ3v) is 5.35. The molecule has 3 heterocycles. The number of piperazine rings is 1. The van der Waals surface area contributed by atoms with Gasteiger partial charge < -0.3 is 10.2 Å². The summed E-state index contributed by atoms with van der Waals surface area (Å²) in [5.41, 5.74) is 1.65. The maximum Gasteiger partial charge on any atom is 0.238 e. The number of nitrogens with one attached hydrogen (secondary N) is 2. The fourth-order valence-corrected chi connectivity index (χ4v) is 3.89. The molecule has 140 valence electrons. The Labute approximate surface area is 155 Å². The number of sulfonamides is 1. The molecular formula is C16H18N8O2S. The molecule has 0 unspecified atom stereocenters. The van der Waals surface area contributed by atoms with Crippen molar-refractivity contribution in [1.82, 2.24) is 30.9 Å². The number of aromatic amines is 1. The van der Waals surface area contributed by atoms with E-state index in [2.05, 4.69) is 35.8 Å². The van der Waals surface area contributed by atoms with Crippen LogP contribution in [0.15, 0.2) is 41.4 Å². The van der Waals surface area contributed by atoms with E-state index < -0.39 is 10.0 Å². The zero-order chi connectivity index (χ0) is 18.9. The summed E-state index contributed by atoms with van der Waals surface area (Å²) in [4.78, 5) is 6.68. The number of anilines is 1. The van der Waals surface area contributed by atoms with Gasteiger partial charge in [-0.25, -0.2) is 18.5 Å². The van der Waals surface area contributed by atoms with Crippen LogP contribution in [-0.2, 0) is 10.0 Å². The standard InChI is InChI=1S/C16H18N8O2S/c17-27(25,26)13-3-1-2-12(15(13)16-20-22-23-21-16)11-4-5-14(19-10-11)24-8-6-18-7-9-24/h1-5,10,18H,6-9H2,(H2,17,25,26)(H,20,21,22,23). The van der Waals surface area contributed by atoms with Crippen molar-refractivity contribution in [3.8, 4) is 22.5 Å².